The summed E-state index contributed by atoms with van der Waals surface area (Å²) in [6.07, 6.45) is 0. The predicted molar refractivity (Wildman–Crippen MR) is 575 cm³/mol. The normalized spacial score (nSPS) is 12.3. The Morgan fingerprint density at radius 2 is 0.471 bits per heavy atom. The summed E-state index contributed by atoms with van der Waals surface area (Å²) in [7, 11) is 0. The van der Waals surface area contributed by atoms with Crippen LogP contribution in [0.1, 0.15) is 0 Å². The molecule has 0 aliphatic heterocycles. The molecule has 0 saturated carbocycles. The molecule has 0 spiro atoms. The third kappa shape index (κ3) is 10.9. The molecule has 0 radical (unpaired) electrons. The Morgan fingerprint density at radius 1 is 0.138 bits per heavy atom. The third-order valence-electron chi connectivity index (χ3n) is 28.8. The zero-order valence-electron chi connectivity index (χ0n) is 73.4. The third-order valence-corrected chi connectivity index (χ3v) is 31.1. The van der Waals surface area contributed by atoms with E-state index in [1.54, 1.807) is 0 Å². The van der Waals surface area contributed by atoms with Crippen LogP contribution in [-0.4, -0.2) is 13.7 Å². The molecule has 12 heterocycles. The maximum absolute atomic E-state index is 6.68. The molecule has 0 fully saturated rings. The van der Waals surface area contributed by atoms with Crippen LogP contribution in [0.3, 0.4) is 0 Å². The molecule has 0 amide bonds. The zero-order valence-corrected chi connectivity index (χ0v) is 75.0. The lowest BCUT2D eigenvalue weighted by Gasteiger charge is -2.08. The molecule has 138 heavy (non-hydrogen) atoms. The minimum Gasteiger partial charge on any atom is -0.456 e. The van der Waals surface area contributed by atoms with Crippen molar-refractivity contribution in [3.05, 3.63) is 419 Å². The van der Waals surface area contributed by atoms with Crippen molar-refractivity contribution in [1.29, 1.82) is 0 Å². The van der Waals surface area contributed by atoms with Gasteiger partial charge in [-0.3, -0.25) is 0 Å². The quantitative estimate of drug-likeness (QED) is 0.163. The lowest BCUT2D eigenvalue weighted by molar-refractivity contribution is 0.668. The second-order valence-corrected chi connectivity index (χ2v) is 38.3. The number of nitrogens with zero attached hydrogens (tertiary/aromatic N) is 3. The summed E-state index contributed by atoms with van der Waals surface area (Å²) in [6, 6.07) is 148. The van der Waals surface area contributed by atoms with E-state index in [2.05, 4.69) is 366 Å². The van der Waals surface area contributed by atoms with Crippen molar-refractivity contribution < 1.29 is 30.9 Å². The van der Waals surface area contributed by atoms with Gasteiger partial charge >= 0.3 is 0 Å². The molecule has 642 valence electrons. The highest BCUT2D eigenvalue weighted by molar-refractivity contribution is 7.26. The predicted octanol–water partition coefficient (Wildman–Crippen LogP) is 37.4. The van der Waals surface area contributed by atoms with Crippen LogP contribution in [-0.2, 0) is 0 Å². The van der Waals surface area contributed by atoms with Gasteiger partial charge in [0.05, 0.1) is 38.5 Å². The van der Waals surface area contributed by atoms with E-state index in [9.17, 15) is 0 Å². The standard InChI is InChI=1S/C42H23NO3.2C42H23NO2S/c1-4-15-33-30(10-1)40-34(21-20-29-25-9-2-5-16-35(25)46-42(29)40)43(33)24-19-22-37-32(23-24)28-14-7-13-27(41(28)45-37)26-12-8-18-38-39(26)31-11-3-6-17-36(31)44-38;1-4-15-34-25(9-1)31-22-33-26-10-3-6-18-39(26)46-40(33)23-35(31)43(34)24-19-20-37-32(21-24)29-14-7-13-28(42(29)45-37)27-12-8-17-38-41(27)30-11-2-5-16-36(30)44-38;1-4-15-32-28(9-1)40-33(20-22-38-41(40)30-11-3-6-18-37(30)46-38)43(32)24-19-21-35-31(23-24)27-14-7-13-26(42(27)45-35)25-12-8-17-36-39(25)29-10-2-5-16-34(29)44-36/h3*1-23H. The molecular weight excluding hydrogens is 1730 g/mol. The van der Waals surface area contributed by atoms with E-state index in [4.69, 9.17) is 30.9 Å². The average molecular weight is 1800 g/mol. The lowest BCUT2D eigenvalue weighted by Crippen LogP contribution is -1.93. The molecule has 12 aromatic heterocycles. The van der Waals surface area contributed by atoms with Gasteiger partial charge in [0.1, 0.15) is 78.2 Å². The van der Waals surface area contributed by atoms with Crippen molar-refractivity contribution in [2.75, 3.05) is 0 Å². The largest absolute Gasteiger partial charge is 0.456 e. The van der Waals surface area contributed by atoms with Crippen molar-refractivity contribution in [2.45, 2.75) is 0 Å². The van der Waals surface area contributed by atoms with Gasteiger partial charge in [-0.1, -0.05) is 255 Å². The Hall–Kier alpha value is -17.9. The highest BCUT2D eigenvalue weighted by atomic mass is 32.1. The maximum atomic E-state index is 6.68. The number of hydrogen-bond donors (Lipinski definition) is 0. The number of furan rings is 7. The number of aromatic nitrogens is 3. The van der Waals surface area contributed by atoms with Gasteiger partial charge in [-0.25, -0.2) is 0 Å². The number of para-hydroxylation sites is 10. The average Bonchev–Trinajstić information content (AvgIpc) is 1.56. The van der Waals surface area contributed by atoms with Gasteiger partial charge in [0.2, 0.25) is 0 Å². The van der Waals surface area contributed by atoms with Gasteiger partial charge < -0.3 is 44.6 Å². The monoisotopic (exact) mass is 1800 g/mol. The lowest BCUT2D eigenvalue weighted by atomic mass is 9.97. The molecular formula is C126H69N3O7S2. The van der Waals surface area contributed by atoms with Crippen molar-refractivity contribution in [2.24, 2.45) is 0 Å². The van der Waals surface area contributed by atoms with Crippen LogP contribution in [0.2, 0.25) is 0 Å². The fraction of sp³-hybridized carbons (Fsp3) is 0. The summed E-state index contributed by atoms with van der Waals surface area (Å²) >= 11 is 3.73. The second kappa shape index (κ2) is 28.8. The van der Waals surface area contributed by atoms with Crippen LogP contribution >= 0.6 is 22.7 Å². The van der Waals surface area contributed by atoms with E-state index in [1.165, 1.54) is 89.3 Å². The van der Waals surface area contributed by atoms with Gasteiger partial charge in [-0.15, -0.1) is 22.7 Å². The fourth-order valence-electron chi connectivity index (χ4n) is 22.9. The van der Waals surface area contributed by atoms with Gasteiger partial charge in [-0.2, -0.15) is 0 Å². The summed E-state index contributed by atoms with van der Waals surface area (Å²) in [5.74, 6) is 0. The summed E-state index contributed by atoms with van der Waals surface area (Å²) in [4.78, 5) is 0. The van der Waals surface area contributed by atoms with Crippen molar-refractivity contribution in [1.82, 2.24) is 13.7 Å². The molecule has 0 bridgehead atoms. The zero-order chi connectivity index (χ0) is 89.8. The van der Waals surface area contributed by atoms with Crippen LogP contribution in [0.5, 0.6) is 0 Å². The van der Waals surface area contributed by atoms with Crippen molar-refractivity contribution in [3.8, 4) is 50.4 Å². The van der Waals surface area contributed by atoms with Gasteiger partial charge in [0, 0.05) is 176 Å². The highest BCUT2D eigenvalue weighted by Crippen LogP contribution is 2.52. The Morgan fingerprint density at radius 3 is 0.971 bits per heavy atom. The second-order valence-electron chi connectivity index (χ2n) is 36.1. The Balaban J connectivity index is 0.0000000959. The first-order valence-corrected chi connectivity index (χ1v) is 48.2. The minimum atomic E-state index is 0.857. The summed E-state index contributed by atoms with van der Waals surface area (Å²) in [5, 5.41) is 28.2. The molecule has 0 aliphatic carbocycles. The first-order valence-electron chi connectivity index (χ1n) is 46.5. The van der Waals surface area contributed by atoms with Gasteiger partial charge in [0.15, 0.2) is 0 Å². The van der Waals surface area contributed by atoms with E-state index in [0.29, 0.717) is 0 Å². The first kappa shape index (κ1) is 75.6. The number of hydrogen-bond acceptors (Lipinski definition) is 9. The molecule has 10 nitrogen and oxygen atoms in total. The SMILES string of the molecule is c1ccc2c(c1)oc1c2ccc2c1c1ccccc1n2-c1ccc2oc3c(-c4cccc5oc6ccccc6c45)cccc3c2c1.c1ccc2c(c1)oc1cccc(-c3cccc4c3oc3ccc(-n5c6ccccc6c6c7c(ccc65)sc5ccccc57)cc34)c12.c1ccc2c(c1)oc1cccc(-c3cccc4c3oc3ccc(-n5c6ccccc6c6cc7c(cc65)sc5ccccc57)cc34)c12. The highest BCUT2D eigenvalue weighted by Gasteiger charge is 2.28. The van der Waals surface area contributed by atoms with Crippen molar-refractivity contribution in [3.63, 3.8) is 0 Å². The summed E-state index contributed by atoms with van der Waals surface area (Å²) in [5.41, 5.74) is 29.3. The van der Waals surface area contributed by atoms with E-state index in [1.807, 2.05) is 89.4 Å². The number of thiophene rings is 2. The summed E-state index contributed by atoms with van der Waals surface area (Å²) in [6.45, 7) is 0. The van der Waals surface area contributed by atoms with Crippen LogP contribution in [0.4, 0.5) is 0 Å². The molecule has 12 heteroatoms. The Labute approximate surface area is 789 Å². The molecule has 33 aromatic rings. The minimum absolute atomic E-state index is 0.857. The van der Waals surface area contributed by atoms with E-state index < -0.39 is 0 Å². The van der Waals surface area contributed by atoms with E-state index in [-0.39, 0.29) is 0 Å². The molecule has 0 aliphatic rings. The van der Waals surface area contributed by atoms with Crippen molar-refractivity contribution >= 4 is 282 Å². The number of fused-ring (bicyclic) bond motifs is 38. The number of rotatable bonds is 6. The van der Waals surface area contributed by atoms with Crippen LogP contribution in [0, 0.1) is 0 Å². The molecule has 0 unspecified atom stereocenters. The number of benzene rings is 21. The molecule has 0 atom stereocenters. The molecule has 0 saturated heterocycles. The van der Waals surface area contributed by atoms with Crippen LogP contribution in [0.25, 0.3) is 310 Å². The van der Waals surface area contributed by atoms with Crippen LogP contribution in [0.15, 0.2) is 449 Å². The fourth-order valence-corrected chi connectivity index (χ4v) is 25.2. The van der Waals surface area contributed by atoms with E-state index in [0.717, 1.165) is 220 Å². The van der Waals surface area contributed by atoms with E-state index >= 15 is 0 Å². The van der Waals surface area contributed by atoms with Gasteiger partial charge in [0.25, 0.3) is 0 Å². The maximum Gasteiger partial charge on any atom is 0.145 e. The molecule has 33 rings (SSSR count). The summed E-state index contributed by atoms with van der Waals surface area (Å²) < 4.78 is 57.6. The Kier molecular flexibility index (Phi) is 15.8. The van der Waals surface area contributed by atoms with Gasteiger partial charge in [-0.05, 0) is 180 Å². The topological polar surface area (TPSA) is 107 Å². The molecule has 21 aromatic carbocycles. The van der Waals surface area contributed by atoms with Crippen LogP contribution < -0.4 is 0 Å². The Bertz CT molecular complexity index is 10800. The molecule has 0 N–H and O–H groups in total. The first-order chi connectivity index (χ1) is 68.4. The smallest absolute Gasteiger partial charge is 0.145 e.